The highest BCUT2D eigenvalue weighted by Gasteiger charge is 2.50. The Kier molecular flexibility index (Phi) is 4.92. The second-order valence-corrected chi connectivity index (χ2v) is 7.93. The molecule has 0 bridgehead atoms. The largest absolute Gasteiger partial charge is 0.508 e. The Balaban J connectivity index is 1.51. The molecular weight excluding hydrogens is 336 g/mol. The van der Waals surface area contributed by atoms with Crippen LogP contribution in [-0.2, 0) is 11.2 Å². The molecule has 4 rings (SSSR count). The molecule has 2 aliphatic rings. The zero-order chi connectivity index (χ0) is 18.9. The van der Waals surface area contributed by atoms with E-state index in [1.54, 1.807) is 12.1 Å². The number of aryl methyl sites for hydroxylation is 1. The smallest absolute Gasteiger partial charge is 0.247 e. The van der Waals surface area contributed by atoms with Crippen molar-refractivity contribution in [1.82, 2.24) is 4.90 Å². The Hall–Kier alpha value is -2.33. The number of hydrogen-bond donors (Lipinski definition) is 1. The molecule has 2 aromatic rings. The van der Waals surface area contributed by atoms with Gasteiger partial charge in [-0.15, -0.1) is 0 Å². The molecular formula is C23H28N2O2. The lowest BCUT2D eigenvalue weighted by Gasteiger charge is -2.44. The van der Waals surface area contributed by atoms with Gasteiger partial charge in [0.2, 0.25) is 5.91 Å². The third kappa shape index (κ3) is 3.46. The Morgan fingerprint density at radius 2 is 1.63 bits per heavy atom. The van der Waals surface area contributed by atoms with Crippen LogP contribution >= 0.6 is 0 Å². The lowest BCUT2D eigenvalue weighted by Crippen LogP contribution is -2.60. The number of benzene rings is 2. The Bertz CT molecular complexity index is 800. The first-order chi connectivity index (χ1) is 13.1. The van der Waals surface area contributed by atoms with E-state index in [-0.39, 0.29) is 11.4 Å². The number of phenols is 1. The number of anilines is 1. The molecule has 1 atom stereocenters. The number of piperidine rings is 1. The summed E-state index contributed by atoms with van der Waals surface area (Å²) in [7, 11) is 0. The zero-order valence-electron chi connectivity index (χ0n) is 16.0. The van der Waals surface area contributed by atoms with Gasteiger partial charge < -0.3 is 10.0 Å². The molecule has 2 aromatic carbocycles. The molecule has 1 amide bonds. The van der Waals surface area contributed by atoms with Gasteiger partial charge in [0.1, 0.15) is 11.3 Å². The standard InChI is InChI=1S/C23H28N2O2/c1-18-4-8-20(9-5-18)25-16-3-14-23(22(25)27)13-2-15-24(23)17-12-19-6-10-21(26)11-7-19/h4-11,26H,2-3,12-17H2,1H3. The van der Waals surface area contributed by atoms with E-state index < -0.39 is 0 Å². The van der Waals surface area contributed by atoms with Crippen LogP contribution in [0.5, 0.6) is 5.75 Å². The van der Waals surface area contributed by atoms with E-state index in [9.17, 15) is 9.90 Å². The molecule has 1 N–H and O–H groups in total. The number of nitrogens with zero attached hydrogens (tertiary/aromatic N) is 2. The Morgan fingerprint density at radius 1 is 0.963 bits per heavy atom. The van der Waals surface area contributed by atoms with Gasteiger partial charge in [-0.2, -0.15) is 0 Å². The molecule has 0 aliphatic carbocycles. The van der Waals surface area contributed by atoms with Crippen molar-refractivity contribution in [2.75, 3.05) is 24.5 Å². The first-order valence-corrected chi connectivity index (χ1v) is 10.0. The Morgan fingerprint density at radius 3 is 2.33 bits per heavy atom. The maximum atomic E-state index is 13.6. The van der Waals surface area contributed by atoms with E-state index in [1.807, 2.05) is 17.0 Å². The summed E-state index contributed by atoms with van der Waals surface area (Å²) in [6.45, 7) is 4.77. The maximum Gasteiger partial charge on any atom is 0.247 e. The van der Waals surface area contributed by atoms with Crippen molar-refractivity contribution in [2.24, 2.45) is 0 Å². The first-order valence-electron chi connectivity index (χ1n) is 10.0. The molecule has 0 radical (unpaired) electrons. The molecule has 0 aromatic heterocycles. The van der Waals surface area contributed by atoms with Crippen molar-refractivity contribution in [1.29, 1.82) is 0 Å². The molecule has 2 heterocycles. The van der Waals surface area contributed by atoms with Crippen molar-refractivity contribution in [3.8, 4) is 5.75 Å². The Labute approximate surface area is 161 Å². The van der Waals surface area contributed by atoms with Crippen molar-refractivity contribution in [2.45, 2.75) is 44.6 Å². The number of amides is 1. The lowest BCUT2D eigenvalue weighted by atomic mass is 9.85. The van der Waals surface area contributed by atoms with Gasteiger partial charge in [-0.3, -0.25) is 9.69 Å². The number of rotatable bonds is 4. The first kappa shape index (κ1) is 18.1. The average Bonchev–Trinajstić information content (AvgIpc) is 3.08. The van der Waals surface area contributed by atoms with E-state index in [0.717, 1.165) is 57.4 Å². The normalized spacial score (nSPS) is 23.3. The van der Waals surface area contributed by atoms with E-state index in [1.165, 1.54) is 11.1 Å². The number of carbonyl (C=O) groups is 1. The molecule has 2 aliphatic heterocycles. The summed E-state index contributed by atoms with van der Waals surface area (Å²) >= 11 is 0. The summed E-state index contributed by atoms with van der Waals surface area (Å²) in [5.41, 5.74) is 3.11. The van der Waals surface area contributed by atoms with Crippen molar-refractivity contribution >= 4 is 11.6 Å². The highest BCUT2D eigenvalue weighted by Crippen LogP contribution is 2.39. The number of carbonyl (C=O) groups excluding carboxylic acids is 1. The fourth-order valence-corrected chi connectivity index (χ4v) is 4.67. The molecule has 1 spiro atoms. The zero-order valence-corrected chi connectivity index (χ0v) is 16.0. The van der Waals surface area contributed by atoms with Crippen molar-refractivity contribution < 1.29 is 9.90 Å². The third-order valence-electron chi connectivity index (χ3n) is 6.19. The highest BCUT2D eigenvalue weighted by molar-refractivity contribution is 6.01. The minimum Gasteiger partial charge on any atom is -0.508 e. The third-order valence-corrected chi connectivity index (χ3v) is 6.19. The summed E-state index contributed by atoms with van der Waals surface area (Å²) in [4.78, 5) is 18.0. The van der Waals surface area contributed by atoms with Gasteiger partial charge in [0.25, 0.3) is 0 Å². The van der Waals surface area contributed by atoms with E-state index >= 15 is 0 Å². The van der Waals surface area contributed by atoms with Gasteiger partial charge in [0, 0.05) is 18.8 Å². The van der Waals surface area contributed by atoms with Crippen LogP contribution in [0.1, 0.15) is 36.8 Å². The van der Waals surface area contributed by atoms with Gasteiger partial charge in [0.05, 0.1) is 0 Å². The molecule has 142 valence electrons. The minimum atomic E-state index is -0.333. The molecule has 2 saturated heterocycles. The summed E-state index contributed by atoms with van der Waals surface area (Å²) in [6, 6.07) is 15.7. The summed E-state index contributed by atoms with van der Waals surface area (Å²) in [5, 5.41) is 9.46. The van der Waals surface area contributed by atoms with Gasteiger partial charge in [-0.1, -0.05) is 29.8 Å². The van der Waals surface area contributed by atoms with Gasteiger partial charge in [-0.05, 0) is 75.4 Å². The van der Waals surface area contributed by atoms with Gasteiger partial charge >= 0.3 is 0 Å². The van der Waals surface area contributed by atoms with E-state index in [0.29, 0.717) is 5.75 Å². The maximum absolute atomic E-state index is 13.6. The molecule has 0 saturated carbocycles. The van der Waals surface area contributed by atoms with Crippen LogP contribution in [0.2, 0.25) is 0 Å². The topological polar surface area (TPSA) is 43.8 Å². The van der Waals surface area contributed by atoms with E-state index in [4.69, 9.17) is 0 Å². The quantitative estimate of drug-likeness (QED) is 0.895. The fourth-order valence-electron chi connectivity index (χ4n) is 4.67. The number of hydrogen-bond acceptors (Lipinski definition) is 3. The fraction of sp³-hybridized carbons (Fsp3) is 0.435. The average molecular weight is 364 g/mol. The van der Waals surface area contributed by atoms with Crippen LogP contribution in [0.15, 0.2) is 48.5 Å². The van der Waals surface area contributed by atoms with E-state index in [2.05, 4.69) is 36.1 Å². The second kappa shape index (κ2) is 7.35. The van der Waals surface area contributed by atoms with Crippen LogP contribution in [-0.4, -0.2) is 41.1 Å². The van der Waals surface area contributed by atoms with Crippen LogP contribution in [0, 0.1) is 6.92 Å². The van der Waals surface area contributed by atoms with Crippen LogP contribution in [0.25, 0.3) is 0 Å². The molecule has 4 heteroatoms. The summed E-state index contributed by atoms with van der Waals surface area (Å²) in [5.74, 6) is 0.577. The molecule has 1 unspecified atom stereocenters. The molecule has 4 nitrogen and oxygen atoms in total. The second-order valence-electron chi connectivity index (χ2n) is 7.93. The van der Waals surface area contributed by atoms with Crippen LogP contribution in [0.4, 0.5) is 5.69 Å². The molecule has 2 fully saturated rings. The number of aromatic hydroxyl groups is 1. The monoisotopic (exact) mass is 364 g/mol. The van der Waals surface area contributed by atoms with Crippen LogP contribution in [0.3, 0.4) is 0 Å². The van der Waals surface area contributed by atoms with Gasteiger partial charge in [0.15, 0.2) is 0 Å². The predicted molar refractivity (Wildman–Crippen MR) is 108 cm³/mol. The van der Waals surface area contributed by atoms with Gasteiger partial charge in [-0.25, -0.2) is 0 Å². The van der Waals surface area contributed by atoms with Crippen LogP contribution < -0.4 is 4.90 Å². The number of likely N-dealkylation sites (tertiary alicyclic amines) is 1. The predicted octanol–water partition coefficient (Wildman–Crippen LogP) is 3.90. The summed E-state index contributed by atoms with van der Waals surface area (Å²) < 4.78 is 0. The SMILES string of the molecule is Cc1ccc(N2CCCC3(CCCN3CCc3ccc(O)cc3)C2=O)cc1. The van der Waals surface area contributed by atoms with Crippen molar-refractivity contribution in [3.63, 3.8) is 0 Å². The number of phenolic OH excluding ortho intramolecular Hbond substituents is 1. The minimum absolute atomic E-state index is 0.279. The van der Waals surface area contributed by atoms with Crippen molar-refractivity contribution in [3.05, 3.63) is 59.7 Å². The summed E-state index contributed by atoms with van der Waals surface area (Å²) in [6.07, 6.45) is 4.96. The lowest BCUT2D eigenvalue weighted by molar-refractivity contribution is -0.131. The molecule has 27 heavy (non-hydrogen) atoms. The highest BCUT2D eigenvalue weighted by atomic mass is 16.3.